The van der Waals surface area contributed by atoms with E-state index in [-0.39, 0.29) is 10.7 Å². The van der Waals surface area contributed by atoms with Gasteiger partial charge >= 0.3 is 0 Å². The predicted molar refractivity (Wildman–Crippen MR) is 93.7 cm³/mol. The zero-order valence-electron chi connectivity index (χ0n) is 12.5. The summed E-state index contributed by atoms with van der Waals surface area (Å²) in [6.45, 7) is 1.89. The lowest BCUT2D eigenvalue weighted by Crippen LogP contribution is -2.12. The van der Waals surface area contributed by atoms with Crippen LogP contribution >= 0.6 is 22.9 Å². The fraction of sp³-hybridized carbons (Fsp3) is 0.0625. The summed E-state index contributed by atoms with van der Waals surface area (Å²) < 4.78 is 13.1. The monoisotopic (exact) mass is 362 g/mol. The predicted octanol–water partition coefficient (Wildman–Crippen LogP) is 4.63. The van der Waals surface area contributed by atoms with Gasteiger partial charge in [-0.3, -0.25) is 4.79 Å². The summed E-state index contributed by atoms with van der Waals surface area (Å²) >= 11 is 6.98. The fourth-order valence-electron chi connectivity index (χ4n) is 1.93. The summed E-state index contributed by atoms with van der Waals surface area (Å²) in [6.07, 6.45) is 0. The molecule has 3 rings (SSSR count). The second-order valence-corrected chi connectivity index (χ2v) is 6.18. The van der Waals surface area contributed by atoms with Crippen molar-refractivity contribution in [2.24, 2.45) is 0 Å². The van der Waals surface area contributed by atoms with Gasteiger partial charge in [0, 0.05) is 16.8 Å². The molecule has 0 atom stereocenters. The number of carbonyl (C=O) groups excluding carboxylic acids is 1. The van der Waals surface area contributed by atoms with Gasteiger partial charge in [0.25, 0.3) is 5.91 Å². The molecule has 0 aliphatic rings. The van der Waals surface area contributed by atoms with E-state index in [0.717, 1.165) is 5.69 Å². The minimum absolute atomic E-state index is 0.0565. The summed E-state index contributed by atoms with van der Waals surface area (Å²) in [4.78, 5) is 20.7. The number of amides is 1. The number of carbonyl (C=O) groups is 1. The third-order valence-corrected chi connectivity index (χ3v) is 4.08. The number of hydrogen-bond donors (Lipinski definition) is 2. The van der Waals surface area contributed by atoms with Gasteiger partial charge in [-0.2, -0.15) is 0 Å². The van der Waals surface area contributed by atoms with Gasteiger partial charge in [0.2, 0.25) is 0 Å². The van der Waals surface area contributed by atoms with E-state index >= 15 is 0 Å². The first-order valence-corrected chi connectivity index (χ1v) is 8.19. The van der Waals surface area contributed by atoms with Crippen LogP contribution in [0.4, 0.5) is 21.0 Å². The minimum Gasteiger partial charge on any atom is -0.321 e. The van der Waals surface area contributed by atoms with E-state index < -0.39 is 11.7 Å². The molecule has 122 valence electrons. The SMILES string of the molecule is Cc1cccc(Nc2nc(C(=O)Nc3ccc(F)c(Cl)c3)cs2)n1. The third-order valence-electron chi connectivity index (χ3n) is 3.04. The van der Waals surface area contributed by atoms with Gasteiger partial charge < -0.3 is 10.6 Å². The summed E-state index contributed by atoms with van der Waals surface area (Å²) in [6, 6.07) is 9.55. The van der Waals surface area contributed by atoms with Crippen molar-refractivity contribution in [3.8, 4) is 0 Å². The first-order valence-electron chi connectivity index (χ1n) is 6.94. The van der Waals surface area contributed by atoms with Crippen LogP contribution in [0.15, 0.2) is 41.8 Å². The van der Waals surface area contributed by atoms with Crippen molar-refractivity contribution in [3.63, 3.8) is 0 Å². The maximum atomic E-state index is 13.1. The van der Waals surface area contributed by atoms with E-state index in [1.807, 2.05) is 25.1 Å². The summed E-state index contributed by atoms with van der Waals surface area (Å²) in [5.74, 6) is -0.290. The Morgan fingerprint density at radius 1 is 1.25 bits per heavy atom. The molecule has 0 unspecified atom stereocenters. The summed E-state index contributed by atoms with van der Waals surface area (Å²) in [5, 5.41) is 7.79. The van der Waals surface area contributed by atoms with Crippen molar-refractivity contribution in [1.82, 2.24) is 9.97 Å². The molecule has 2 heterocycles. The number of hydrogen-bond acceptors (Lipinski definition) is 5. The van der Waals surface area contributed by atoms with Crippen LogP contribution in [0.1, 0.15) is 16.2 Å². The van der Waals surface area contributed by atoms with Crippen LogP contribution < -0.4 is 10.6 Å². The van der Waals surface area contributed by atoms with E-state index in [2.05, 4.69) is 20.6 Å². The number of benzene rings is 1. The zero-order chi connectivity index (χ0) is 17.1. The number of aryl methyl sites for hydroxylation is 1. The van der Waals surface area contributed by atoms with Crippen molar-refractivity contribution in [1.29, 1.82) is 0 Å². The van der Waals surface area contributed by atoms with Crippen LogP contribution in [-0.4, -0.2) is 15.9 Å². The highest BCUT2D eigenvalue weighted by Gasteiger charge is 2.12. The molecule has 2 aromatic heterocycles. The maximum absolute atomic E-state index is 13.1. The Morgan fingerprint density at radius 3 is 2.83 bits per heavy atom. The van der Waals surface area contributed by atoms with Crippen LogP contribution in [0.2, 0.25) is 5.02 Å². The first kappa shape index (κ1) is 16.4. The molecule has 0 aliphatic heterocycles. The van der Waals surface area contributed by atoms with Gasteiger partial charge in [-0.25, -0.2) is 14.4 Å². The molecular formula is C16H12ClFN4OS. The Balaban J connectivity index is 1.70. The highest BCUT2D eigenvalue weighted by Crippen LogP contribution is 2.22. The number of rotatable bonds is 4. The minimum atomic E-state index is -0.541. The van der Waals surface area contributed by atoms with Crippen molar-refractivity contribution in [2.45, 2.75) is 6.92 Å². The van der Waals surface area contributed by atoms with Crippen molar-refractivity contribution < 1.29 is 9.18 Å². The fourth-order valence-corrected chi connectivity index (χ4v) is 2.80. The molecule has 0 bridgehead atoms. The largest absolute Gasteiger partial charge is 0.321 e. The molecule has 1 amide bonds. The van der Waals surface area contributed by atoms with E-state index in [9.17, 15) is 9.18 Å². The number of pyridine rings is 1. The molecule has 0 spiro atoms. The average molecular weight is 363 g/mol. The lowest BCUT2D eigenvalue weighted by molar-refractivity contribution is 0.102. The zero-order valence-corrected chi connectivity index (χ0v) is 14.1. The Labute approximate surface area is 146 Å². The first-order chi connectivity index (χ1) is 11.5. The molecule has 0 fully saturated rings. The molecule has 24 heavy (non-hydrogen) atoms. The van der Waals surface area contributed by atoms with Crippen LogP contribution in [0.5, 0.6) is 0 Å². The molecule has 8 heteroatoms. The van der Waals surface area contributed by atoms with Crippen LogP contribution in [-0.2, 0) is 0 Å². The second kappa shape index (κ2) is 6.94. The van der Waals surface area contributed by atoms with Crippen LogP contribution in [0, 0.1) is 12.7 Å². The van der Waals surface area contributed by atoms with Crippen molar-refractivity contribution >= 4 is 45.5 Å². The quantitative estimate of drug-likeness (QED) is 0.709. The molecule has 0 saturated heterocycles. The maximum Gasteiger partial charge on any atom is 0.275 e. The number of aromatic nitrogens is 2. The summed E-state index contributed by atoms with van der Waals surface area (Å²) in [7, 11) is 0. The average Bonchev–Trinajstić information content (AvgIpc) is 2.99. The number of nitrogens with zero attached hydrogens (tertiary/aromatic N) is 2. The Kier molecular flexibility index (Phi) is 4.73. The lowest BCUT2D eigenvalue weighted by atomic mass is 10.3. The standard InChI is InChI=1S/C16H12ClFN4OS/c1-9-3-2-4-14(19-9)22-16-21-13(8-24-16)15(23)20-10-5-6-12(18)11(17)7-10/h2-8H,1H3,(H,20,23)(H,19,21,22). The van der Waals surface area contributed by atoms with Crippen molar-refractivity contribution in [2.75, 3.05) is 10.6 Å². The molecule has 0 aliphatic carbocycles. The van der Waals surface area contributed by atoms with E-state index in [1.54, 1.807) is 5.38 Å². The smallest absolute Gasteiger partial charge is 0.275 e. The highest BCUT2D eigenvalue weighted by atomic mass is 35.5. The normalized spacial score (nSPS) is 10.5. The van der Waals surface area contributed by atoms with Crippen LogP contribution in [0.3, 0.4) is 0 Å². The molecule has 0 saturated carbocycles. The van der Waals surface area contributed by atoms with Gasteiger partial charge in [-0.1, -0.05) is 17.7 Å². The molecule has 0 radical (unpaired) electrons. The van der Waals surface area contributed by atoms with Gasteiger partial charge in [0.15, 0.2) is 5.13 Å². The summed E-state index contributed by atoms with van der Waals surface area (Å²) in [5.41, 5.74) is 1.52. The van der Waals surface area contributed by atoms with Gasteiger partial charge in [-0.05, 0) is 37.3 Å². The van der Waals surface area contributed by atoms with Crippen LogP contribution in [0.25, 0.3) is 0 Å². The molecule has 2 N–H and O–H groups in total. The Bertz CT molecular complexity index is 899. The molecule has 1 aromatic carbocycles. The third kappa shape index (κ3) is 3.87. The Hall–Kier alpha value is -2.51. The van der Waals surface area contributed by atoms with E-state index in [0.29, 0.717) is 16.6 Å². The number of nitrogens with one attached hydrogen (secondary N) is 2. The van der Waals surface area contributed by atoms with Gasteiger partial charge in [0.05, 0.1) is 5.02 Å². The van der Waals surface area contributed by atoms with Gasteiger partial charge in [-0.15, -0.1) is 11.3 Å². The van der Waals surface area contributed by atoms with E-state index in [1.165, 1.54) is 29.5 Å². The Morgan fingerprint density at radius 2 is 2.08 bits per heavy atom. The number of halogens is 2. The molecule has 3 aromatic rings. The van der Waals surface area contributed by atoms with Gasteiger partial charge in [0.1, 0.15) is 17.3 Å². The van der Waals surface area contributed by atoms with E-state index in [4.69, 9.17) is 11.6 Å². The second-order valence-electron chi connectivity index (χ2n) is 4.91. The van der Waals surface area contributed by atoms with Crippen molar-refractivity contribution in [3.05, 3.63) is 64.0 Å². The molecular weight excluding hydrogens is 351 g/mol. The number of thiazole rings is 1. The number of anilines is 3. The lowest BCUT2D eigenvalue weighted by Gasteiger charge is -2.04. The topological polar surface area (TPSA) is 66.9 Å². The highest BCUT2D eigenvalue weighted by molar-refractivity contribution is 7.14. The molecule has 5 nitrogen and oxygen atoms in total.